The number of piperazine rings is 1. The van der Waals surface area contributed by atoms with E-state index in [-0.39, 0.29) is 10.8 Å². The van der Waals surface area contributed by atoms with Crippen LogP contribution < -0.4 is 14.4 Å². The normalized spacial score (nSPS) is 15.4. The molecule has 1 aliphatic rings. The summed E-state index contributed by atoms with van der Waals surface area (Å²) < 4.78 is 33.0. The van der Waals surface area contributed by atoms with Gasteiger partial charge in [-0.3, -0.25) is 9.52 Å². The fraction of sp³-hybridized carbons (Fsp3) is 0.316. The standard InChI is InChI=1S/C19H23N3O4S/c1-21-10-12-22(13-11-21)19(23)15-4-3-5-18(14-15)27(24,25)20-16-6-8-17(26-2)9-7-16/h3-9,14,20H,10-13H2,1-2H3/p+1. The summed E-state index contributed by atoms with van der Waals surface area (Å²) in [6.45, 7) is 3.13. The zero-order valence-corrected chi connectivity index (χ0v) is 16.3. The third-order valence-electron chi connectivity index (χ3n) is 4.64. The Morgan fingerprint density at radius 1 is 1.11 bits per heavy atom. The number of hydrogen-bond acceptors (Lipinski definition) is 4. The zero-order chi connectivity index (χ0) is 19.4. The Morgan fingerprint density at radius 2 is 1.78 bits per heavy atom. The van der Waals surface area contributed by atoms with Gasteiger partial charge in [0.1, 0.15) is 5.75 Å². The van der Waals surface area contributed by atoms with Crippen LogP contribution >= 0.6 is 0 Å². The molecule has 1 heterocycles. The van der Waals surface area contributed by atoms with Crippen LogP contribution in [0.2, 0.25) is 0 Å². The van der Waals surface area contributed by atoms with Crippen molar-refractivity contribution in [3.8, 4) is 5.75 Å². The van der Waals surface area contributed by atoms with Gasteiger partial charge in [0.15, 0.2) is 0 Å². The Labute approximate surface area is 159 Å². The Hall–Kier alpha value is -2.58. The third kappa shape index (κ3) is 4.58. The number of amides is 1. The molecule has 7 nitrogen and oxygen atoms in total. The molecule has 0 unspecified atom stereocenters. The predicted molar refractivity (Wildman–Crippen MR) is 103 cm³/mol. The van der Waals surface area contributed by atoms with Gasteiger partial charge in [0.2, 0.25) is 0 Å². The van der Waals surface area contributed by atoms with E-state index in [1.165, 1.54) is 17.0 Å². The van der Waals surface area contributed by atoms with Gasteiger partial charge in [-0.25, -0.2) is 8.42 Å². The van der Waals surface area contributed by atoms with Crippen LogP contribution in [0, 0.1) is 0 Å². The van der Waals surface area contributed by atoms with Crippen LogP contribution in [0.25, 0.3) is 0 Å². The number of rotatable bonds is 5. The molecule has 0 spiro atoms. The van der Waals surface area contributed by atoms with Gasteiger partial charge in [-0.2, -0.15) is 0 Å². The molecule has 3 rings (SSSR count). The second-order valence-corrected chi connectivity index (χ2v) is 8.29. The molecule has 1 saturated heterocycles. The number of quaternary nitrogens is 1. The molecule has 144 valence electrons. The average Bonchev–Trinajstić information content (AvgIpc) is 2.68. The molecule has 0 bridgehead atoms. The highest BCUT2D eigenvalue weighted by Crippen LogP contribution is 2.20. The van der Waals surface area contributed by atoms with Crippen LogP contribution in [-0.4, -0.2) is 59.6 Å². The quantitative estimate of drug-likeness (QED) is 0.778. The SMILES string of the molecule is COc1ccc(NS(=O)(=O)c2cccc(C(=O)N3CC[NH+](C)CC3)c2)cc1. The molecule has 1 aliphatic heterocycles. The number of methoxy groups -OCH3 is 1. The molecule has 2 N–H and O–H groups in total. The highest BCUT2D eigenvalue weighted by Gasteiger charge is 2.24. The summed E-state index contributed by atoms with van der Waals surface area (Å²) >= 11 is 0. The summed E-state index contributed by atoms with van der Waals surface area (Å²) in [4.78, 5) is 15.9. The van der Waals surface area contributed by atoms with Crippen molar-refractivity contribution in [2.45, 2.75) is 4.90 Å². The van der Waals surface area contributed by atoms with Crippen molar-refractivity contribution in [1.82, 2.24) is 4.90 Å². The summed E-state index contributed by atoms with van der Waals surface area (Å²) in [5.74, 6) is 0.503. The maximum absolute atomic E-state index is 12.7. The smallest absolute Gasteiger partial charge is 0.261 e. The second-order valence-electron chi connectivity index (χ2n) is 6.61. The minimum absolute atomic E-state index is 0.0592. The fourth-order valence-electron chi connectivity index (χ4n) is 2.94. The molecule has 8 heteroatoms. The third-order valence-corrected chi connectivity index (χ3v) is 6.02. The maximum Gasteiger partial charge on any atom is 0.261 e. The van der Waals surface area contributed by atoms with E-state index in [0.29, 0.717) is 30.1 Å². The van der Waals surface area contributed by atoms with Crippen LogP contribution in [0.3, 0.4) is 0 Å². The van der Waals surface area contributed by atoms with Crippen molar-refractivity contribution in [2.75, 3.05) is 45.1 Å². The van der Waals surface area contributed by atoms with Crippen molar-refractivity contribution in [3.63, 3.8) is 0 Å². The van der Waals surface area contributed by atoms with Crippen LogP contribution in [-0.2, 0) is 10.0 Å². The number of nitrogens with zero attached hydrogens (tertiary/aromatic N) is 1. The molecule has 0 radical (unpaired) electrons. The molecule has 27 heavy (non-hydrogen) atoms. The lowest BCUT2D eigenvalue weighted by Crippen LogP contribution is -3.12. The van der Waals surface area contributed by atoms with E-state index in [1.807, 2.05) is 0 Å². The summed E-state index contributed by atoms with van der Waals surface area (Å²) in [5.41, 5.74) is 0.807. The number of sulfonamides is 1. The molecule has 2 aromatic carbocycles. The monoisotopic (exact) mass is 390 g/mol. The van der Waals surface area contributed by atoms with Crippen molar-refractivity contribution in [1.29, 1.82) is 0 Å². The number of nitrogens with one attached hydrogen (secondary N) is 2. The van der Waals surface area contributed by atoms with Crippen LogP contribution in [0.4, 0.5) is 5.69 Å². The van der Waals surface area contributed by atoms with Crippen LogP contribution in [0.15, 0.2) is 53.4 Å². The lowest BCUT2D eigenvalue weighted by atomic mass is 10.2. The maximum atomic E-state index is 12.7. The first-order valence-corrected chi connectivity index (χ1v) is 10.2. The predicted octanol–water partition coefficient (Wildman–Crippen LogP) is 0.467. The van der Waals surface area contributed by atoms with Gasteiger partial charge in [-0.15, -0.1) is 0 Å². The number of hydrogen-bond donors (Lipinski definition) is 2. The van der Waals surface area contributed by atoms with Gasteiger partial charge < -0.3 is 14.5 Å². The molecule has 0 aromatic heterocycles. The number of ether oxygens (including phenoxy) is 1. The van der Waals surface area contributed by atoms with Crippen molar-refractivity contribution >= 4 is 21.6 Å². The Morgan fingerprint density at radius 3 is 2.41 bits per heavy atom. The molecule has 1 fully saturated rings. The van der Waals surface area contributed by atoms with E-state index in [1.54, 1.807) is 48.4 Å². The van der Waals surface area contributed by atoms with Gasteiger partial charge in [0.05, 0.1) is 45.2 Å². The van der Waals surface area contributed by atoms with Gasteiger partial charge in [0, 0.05) is 11.3 Å². The van der Waals surface area contributed by atoms with Crippen molar-refractivity contribution in [2.24, 2.45) is 0 Å². The Kier molecular flexibility index (Phi) is 5.67. The molecule has 0 atom stereocenters. The van der Waals surface area contributed by atoms with Crippen molar-refractivity contribution < 1.29 is 22.8 Å². The van der Waals surface area contributed by atoms with Gasteiger partial charge in [-0.05, 0) is 42.5 Å². The lowest BCUT2D eigenvalue weighted by molar-refractivity contribution is -0.883. The first-order chi connectivity index (χ1) is 12.9. The van der Waals surface area contributed by atoms with E-state index < -0.39 is 10.0 Å². The Bertz CT molecular complexity index is 905. The highest BCUT2D eigenvalue weighted by molar-refractivity contribution is 7.92. The summed E-state index contributed by atoms with van der Waals surface area (Å²) in [6, 6.07) is 12.8. The Balaban J connectivity index is 1.77. The molecule has 0 saturated carbocycles. The highest BCUT2D eigenvalue weighted by atomic mass is 32.2. The number of benzene rings is 2. The first kappa shape index (κ1) is 19.2. The number of anilines is 1. The number of likely N-dealkylation sites (N-methyl/N-ethyl adjacent to an activating group) is 1. The average molecular weight is 390 g/mol. The van der Waals surface area contributed by atoms with E-state index in [2.05, 4.69) is 11.8 Å². The van der Waals surface area contributed by atoms with Gasteiger partial charge in [-0.1, -0.05) is 6.07 Å². The molecular formula is C19H24N3O4S+. The minimum Gasteiger partial charge on any atom is -0.497 e. The molecule has 2 aromatic rings. The van der Waals surface area contributed by atoms with Gasteiger partial charge in [0.25, 0.3) is 15.9 Å². The fourth-order valence-corrected chi connectivity index (χ4v) is 4.05. The molecule has 0 aliphatic carbocycles. The van der Waals surface area contributed by atoms with E-state index in [4.69, 9.17) is 4.74 Å². The summed E-state index contributed by atoms with van der Waals surface area (Å²) in [5, 5.41) is 0. The van der Waals surface area contributed by atoms with E-state index in [9.17, 15) is 13.2 Å². The van der Waals surface area contributed by atoms with E-state index in [0.717, 1.165) is 13.1 Å². The number of carbonyl (C=O) groups excluding carboxylic acids is 1. The van der Waals surface area contributed by atoms with E-state index >= 15 is 0 Å². The first-order valence-electron chi connectivity index (χ1n) is 8.76. The van der Waals surface area contributed by atoms with Crippen LogP contribution in [0.1, 0.15) is 10.4 Å². The molecule has 1 amide bonds. The molecular weight excluding hydrogens is 366 g/mol. The summed E-state index contributed by atoms with van der Waals surface area (Å²) in [7, 11) is -0.152. The lowest BCUT2D eigenvalue weighted by Gasteiger charge is -2.30. The zero-order valence-electron chi connectivity index (χ0n) is 15.4. The largest absolute Gasteiger partial charge is 0.497 e. The topological polar surface area (TPSA) is 80.1 Å². The van der Waals surface area contributed by atoms with Crippen molar-refractivity contribution in [3.05, 3.63) is 54.1 Å². The van der Waals surface area contributed by atoms with Crippen LogP contribution in [0.5, 0.6) is 5.75 Å². The second kappa shape index (κ2) is 7.98. The minimum atomic E-state index is -3.79. The van der Waals surface area contributed by atoms with Gasteiger partial charge >= 0.3 is 0 Å². The summed E-state index contributed by atoms with van der Waals surface area (Å²) in [6.07, 6.45) is 0. The number of carbonyl (C=O) groups is 1.